The predicted molar refractivity (Wildman–Crippen MR) is 99.5 cm³/mol. The number of pyridine rings is 1. The molecule has 0 fully saturated rings. The van der Waals surface area contributed by atoms with Crippen LogP contribution in [0.1, 0.15) is 41.5 Å². The highest BCUT2D eigenvalue weighted by molar-refractivity contribution is 9.10. The molecule has 0 unspecified atom stereocenters. The normalized spacial score (nSPS) is 11.2. The number of hydrogen-bond donors (Lipinski definition) is 1. The van der Waals surface area contributed by atoms with Crippen molar-refractivity contribution in [3.63, 3.8) is 0 Å². The number of hydrogen-bond acceptors (Lipinski definition) is 3. The van der Waals surface area contributed by atoms with Crippen molar-refractivity contribution in [1.29, 1.82) is 0 Å². The molecule has 0 atom stereocenters. The third-order valence-electron chi connectivity index (χ3n) is 3.84. The van der Waals surface area contributed by atoms with Crippen LogP contribution in [-0.2, 0) is 0 Å². The van der Waals surface area contributed by atoms with E-state index in [0.29, 0.717) is 5.56 Å². The van der Waals surface area contributed by atoms with Crippen LogP contribution in [0.2, 0.25) is 0 Å². The number of aryl methyl sites for hydroxylation is 2. The summed E-state index contributed by atoms with van der Waals surface area (Å²) < 4.78 is 2.85. The zero-order chi connectivity index (χ0) is 17.4. The Morgan fingerprint density at radius 2 is 2.00 bits per heavy atom. The predicted octanol–water partition coefficient (Wildman–Crippen LogP) is 4.64. The van der Waals surface area contributed by atoms with Crippen LogP contribution in [0.15, 0.2) is 34.9 Å². The number of nitrogens with zero attached hydrogens (tertiary/aromatic N) is 3. The number of benzene rings is 1. The molecule has 124 valence electrons. The fourth-order valence-corrected chi connectivity index (χ4v) is 2.88. The van der Waals surface area contributed by atoms with Crippen LogP contribution in [0.5, 0.6) is 0 Å². The van der Waals surface area contributed by atoms with Gasteiger partial charge in [-0.05, 0) is 57.5 Å². The van der Waals surface area contributed by atoms with Gasteiger partial charge in [0.2, 0.25) is 0 Å². The minimum absolute atomic E-state index is 0.157. The first-order valence-electron chi connectivity index (χ1n) is 7.79. The fraction of sp³-hybridized carbons (Fsp3) is 0.278. The van der Waals surface area contributed by atoms with Crippen molar-refractivity contribution in [1.82, 2.24) is 14.8 Å². The summed E-state index contributed by atoms with van der Waals surface area (Å²) in [6.07, 6.45) is 1.71. The van der Waals surface area contributed by atoms with E-state index in [0.717, 1.165) is 32.5 Å². The minimum Gasteiger partial charge on any atom is -0.322 e. The Kier molecular flexibility index (Phi) is 4.41. The lowest BCUT2D eigenvalue weighted by molar-refractivity contribution is 0.102. The molecule has 1 amide bonds. The third kappa shape index (κ3) is 3.06. The number of halogens is 1. The second-order valence-electron chi connectivity index (χ2n) is 6.15. The van der Waals surface area contributed by atoms with Crippen LogP contribution >= 0.6 is 15.9 Å². The Morgan fingerprint density at radius 3 is 2.67 bits per heavy atom. The molecule has 3 rings (SSSR count). The van der Waals surface area contributed by atoms with Crippen LogP contribution in [0.4, 0.5) is 5.69 Å². The first-order chi connectivity index (χ1) is 11.4. The molecule has 3 aromatic rings. The minimum atomic E-state index is -0.157. The number of carbonyl (C=O) groups is 1. The summed E-state index contributed by atoms with van der Waals surface area (Å²) in [6.45, 7) is 7.96. The van der Waals surface area contributed by atoms with Crippen LogP contribution in [0, 0.1) is 13.8 Å². The van der Waals surface area contributed by atoms with Gasteiger partial charge in [-0.15, -0.1) is 0 Å². The number of rotatable bonds is 3. The summed E-state index contributed by atoms with van der Waals surface area (Å²) in [5, 5.41) is 8.10. The summed E-state index contributed by atoms with van der Waals surface area (Å²) in [6, 6.07) is 7.72. The summed E-state index contributed by atoms with van der Waals surface area (Å²) in [5.41, 5.74) is 3.95. The van der Waals surface area contributed by atoms with E-state index in [9.17, 15) is 4.79 Å². The average Bonchev–Trinajstić information content (AvgIpc) is 2.93. The van der Waals surface area contributed by atoms with Crippen molar-refractivity contribution in [2.24, 2.45) is 0 Å². The van der Waals surface area contributed by atoms with Gasteiger partial charge in [0.05, 0.1) is 17.1 Å². The second-order valence-corrected chi connectivity index (χ2v) is 7.00. The van der Waals surface area contributed by atoms with E-state index >= 15 is 0 Å². The number of fused-ring (bicyclic) bond motifs is 1. The van der Waals surface area contributed by atoms with Gasteiger partial charge in [-0.25, -0.2) is 9.67 Å². The van der Waals surface area contributed by atoms with E-state index in [1.807, 2.05) is 50.6 Å². The number of carbonyl (C=O) groups excluding carboxylic acids is 1. The summed E-state index contributed by atoms with van der Waals surface area (Å²) >= 11 is 3.47. The van der Waals surface area contributed by atoms with Crippen molar-refractivity contribution < 1.29 is 4.79 Å². The van der Waals surface area contributed by atoms with Crippen LogP contribution in [-0.4, -0.2) is 20.7 Å². The molecule has 0 saturated heterocycles. The van der Waals surface area contributed by atoms with Gasteiger partial charge in [0.25, 0.3) is 5.91 Å². The number of anilines is 1. The lowest BCUT2D eigenvalue weighted by Crippen LogP contribution is -2.13. The Balaban J connectivity index is 2.01. The number of amides is 1. The van der Waals surface area contributed by atoms with Gasteiger partial charge >= 0.3 is 0 Å². The zero-order valence-corrected chi connectivity index (χ0v) is 15.7. The van der Waals surface area contributed by atoms with Crippen molar-refractivity contribution in [3.05, 3.63) is 51.8 Å². The van der Waals surface area contributed by atoms with Crippen molar-refractivity contribution >= 4 is 38.6 Å². The Bertz CT molecular complexity index is 930. The van der Waals surface area contributed by atoms with E-state index in [1.54, 1.807) is 12.3 Å². The lowest BCUT2D eigenvalue weighted by Gasteiger charge is -2.10. The zero-order valence-electron chi connectivity index (χ0n) is 14.1. The molecule has 1 aromatic carbocycles. The summed E-state index contributed by atoms with van der Waals surface area (Å²) in [7, 11) is 0. The molecule has 2 aromatic heterocycles. The summed E-state index contributed by atoms with van der Waals surface area (Å²) in [4.78, 5) is 17.3. The van der Waals surface area contributed by atoms with Crippen LogP contribution in [0.25, 0.3) is 11.0 Å². The van der Waals surface area contributed by atoms with Crippen molar-refractivity contribution in [2.75, 3.05) is 5.32 Å². The Morgan fingerprint density at radius 1 is 1.25 bits per heavy atom. The van der Waals surface area contributed by atoms with Crippen LogP contribution < -0.4 is 5.32 Å². The molecule has 0 saturated carbocycles. The van der Waals surface area contributed by atoms with Gasteiger partial charge in [-0.2, -0.15) is 5.10 Å². The smallest absolute Gasteiger partial charge is 0.256 e. The monoisotopic (exact) mass is 386 g/mol. The lowest BCUT2D eigenvalue weighted by atomic mass is 10.1. The van der Waals surface area contributed by atoms with Crippen LogP contribution in [0.3, 0.4) is 0 Å². The SMILES string of the molecule is Cc1cc(C(=O)Nc2ccc(Br)c(C)c2)c2cnn(C(C)C)c2n1. The second kappa shape index (κ2) is 6.36. The van der Waals surface area contributed by atoms with E-state index in [1.165, 1.54) is 0 Å². The maximum absolute atomic E-state index is 12.8. The van der Waals surface area contributed by atoms with Gasteiger partial charge in [-0.1, -0.05) is 15.9 Å². The molecule has 24 heavy (non-hydrogen) atoms. The molecular formula is C18H19BrN4O. The fourth-order valence-electron chi connectivity index (χ4n) is 2.63. The van der Waals surface area contributed by atoms with Gasteiger partial charge < -0.3 is 5.32 Å². The number of nitrogens with one attached hydrogen (secondary N) is 1. The molecule has 2 heterocycles. The molecule has 0 spiro atoms. The average molecular weight is 387 g/mol. The molecule has 1 N–H and O–H groups in total. The maximum Gasteiger partial charge on any atom is 0.256 e. The first kappa shape index (κ1) is 16.6. The standard InChI is InChI=1S/C18H19BrN4O/c1-10(2)23-17-15(9-20-23)14(8-12(4)21-17)18(24)22-13-5-6-16(19)11(3)7-13/h5-10H,1-4H3,(H,22,24). The van der Waals surface area contributed by atoms with E-state index in [4.69, 9.17) is 0 Å². The summed E-state index contributed by atoms with van der Waals surface area (Å²) in [5.74, 6) is -0.157. The highest BCUT2D eigenvalue weighted by Crippen LogP contribution is 2.24. The van der Waals surface area contributed by atoms with Gasteiger partial charge in [0, 0.05) is 21.9 Å². The Labute approximate surface area is 149 Å². The molecule has 5 nitrogen and oxygen atoms in total. The quantitative estimate of drug-likeness (QED) is 0.712. The third-order valence-corrected chi connectivity index (χ3v) is 4.73. The highest BCUT2D eigenvalue weighted by Gasteiger charge is 2.17. The van der Waals surface area contributed by atoms with Gasteiger partial charge in [-0.3, -0.25) is 4.79 Å². The van der Waals surface area contributed by atoms with Gasteiger partial charge in [0.15, 0.2) is 5.65 Å². The van der Waals surface area contributed by atoms with E-state index < -0.39 is 0 Å². The number of aromatic nitrogens is 3. The molecule has 0 aliphatic carbocycles. The van der Waals surface area contributed by atoms with E-state index in [2.05, 4.69) is 31.3 Å². The maximum atomic E-state index is 12.8. The molecule has 0 aliphatic rings. The molecule has 0 aliphatic heterocycles. The van der Waals surface area contributed by atoms with Crippen molar-refractivity contribution in [3.8, 4) is 0 Å². The topological polar surface area (TPSA) is 59.8 Å². The molecular weight excluding hydrogens is 368 g/mol. The van der Waals surface area contributed by atoms with Gasteiger partial charge in [0.1, 0.15) is 0 Å². The molecule has 0 bridgehead atoms. The van der Waals surface area contributed by atoms with E-state index in [-0.39, 0.29) is 11.9 Å². The largest absolute Gasteiger partial charge is 0.322 e. The highest BCUT2D eigenvalue weighted by atomic mass is 79.9. The van der Waals surface area contributed by atoms with Crippen molar-refractivity contribution in [2.45, 2.75) is 33.7 Å². The molecule has 0 radical (unpaired) electrons. The first-order valence-corrected chi connectivity index (χ1v) is 8.58. The Hall–Kier alpha value is -2.21. The molecule has 6 heteroatoms.